The molecule has 0 radical (unpaired) electrons. The molecule has 0 saturated carbocycles. The average Bonchev–Trinajstić information content (AvgIpc) is 2.79. The number of nitrogen functional groups attached to an aromatic ring is 1. The number of carbonyl (C=O) groups is 1. The number of benzene rings is 1. The molecule has 0 saturated heterocycles. The maximum Gasteiger partial charge on any atom is 0.287 e. The zero-order valence-corrected chi connectivity index (χ0v) is 12.0. The first-order valence-electron chi connectivity index (χ1n) is 6.62. The minimum atomic E-state index is -0.402. The van der Waals surface area contributed by atoms with Gasteiger partial charge in [0.2, 0.25) is 0 Å². The van der Waals surface area contributed by atoms with Crippen molar-refractivity contribution in [1.29, 1.82) is 0 Å². The fraction of sp³-hybridized carbons (Fsp3) is 0.400. The van der Waals surface area contributed by atoms with E-state index in [1.54, 1.807) is 24.3 Å². The van der Waals surface area contributed by atoms with Gasteiger partial charge in [-0.15, -0.1) is 0 Å². The molecule has 5 nitrogen and oxygen atoms in total. The van der Waals surface area contributed by atoms with Crippen LogP contribution in [0.3, 0.4) is 0 Å². The van der Waals surface area contributed by atoms with Gasteiger partial charge in [-0.05, 0) is 45.0 Å². The number of furan rings is 1. The van der Waals surface area contributed by atoms with Crippen molar-refractivity contribution in [1.82, 2.24) is 5.32 Å². The summed E-state index contributed by atoms with van der Waals surface area (Å²) in [5, 5.41) is 3.63. The van der Waals surface area contributed by atoms with E-state index in [9.17, 15) is 4.79 Å². The number of hydrogen-bond donors (Lipinski definition) is 2. The molecule has 0 bridgehead atoms. The van der Waals surface area contributed by atoms with E-state index in [0.717, 1.165) is 5.39 Å². The quantitative estimate of drug-likeness (QED) is 0.823. The van der Waals surface area contributed by atoms with Crippen molar-refractivity contribution < 1.29 is 13.9 Å². The van der Waals surface area contributed by atoms with Gasteiger partial charge in [0.05, 0.1) is 5.60 Å². The predicted octanol–water partition coefficient (Wildman–Crippen LogP) is 2.56. The van der Waals surface area contributed by atoms with E-state index in [2.05, 4.69) is 5.32 Å². The van der Waals surface area contributed by atoms with Gasteiger partial charge in [0.15, 0.2) is 5.76 Å². The van der Waals surface area contributed by atoms with E-state index >= 15 is 0 Å². The molecule has 0 aliphatic rings. The SMILES string of the molecule is CCOC(C)(C)CNC(=O)c1cc2cc(N)ccc2o1. The Morgan fingerprint density at radius 3 is 2.85 bits per heavy atom. The molecule has 20 heavy (non-hydrogen) atoms. The second kappa shape index (κ2) is 5.54. The van der Waals surface area contributed by atoms with Gasteiger partial charge in [0.1, 0.15) is 5.58 Å². The van der Waals surface area contributed by atoms with Crippen LogP contribution >= 0.6 is 0 Å². The molecule has 2 aromatic rings. The number of amides is 1. The maximum atomic E-state index is 12.1. The lowest BCUT2D eigenvalue weighted by atomic mass is 10.1. The van der Waals surface area contributed by atoms with Crippen LogP contribution in [0.25, 0.3) is 11.0 Å². The maximum absolute atomic E-state index is 12.1. The predicted molar refractivity (Wildman–Crippen MR) is 78.7 cm³/mol. The minimum Gasteiger partial charge on any atom is -0.451 e. The first kappa shape index (κ1) is 14.4. The van der Waals surface area contributed by atoms with Crippen LogP contribution < -0.4 is 11.1 Å². The van der Waals surface area contributed by atoms with Gasteiger partial charge in [0, 0.05) is 24.2 Å². The monoisotopic (exact) mass is 276 g/mol. The van der Waals surface area contributed by atoms with Crippen LogP contribution in [0.1, 0.15) is 31.3 Å². The van der Waals surface area contributed by atoms with E-state index < -0.39 is 5.60 Å². The van der Waals surface area contributed by atoms with Crippen molar-refractivity contribution in [2.45, 2.75) is 26.4 Å². The van der Waals surface area contributed by atoms with Crippen LogP contribution in [0.15, 0.2) is 28.7 Å². The highest BCUT2D eigenvalue weighted by atomic mass is 16.5. The molecule has 0 spiro atoms. The van der Waals surface area contributed by atoms with Crippen molar-refractivity contribution in [3.05, 3.63) is 30.0 Å². The Morgan fingerprint density at radius 1 is 1.40 bits per heavy atom. The average molecular weight is 276 g/mol. The fourth-order valence-electron chi connectivity index (χ4n) is 2.00. The lowest BCUT2D eigenvalue weighted by Gasteiger charge is -2.24. The van der Waals surface area contributed by atoms with Gasteiger partial charge in [0.25, 0.3) is 5.91 Å². The molecular formula is C15H20N2O3. The van der Waals surface area contributed by atoms with Crippen molar-refractivity contribution in [2.24, 2.45) is 0 Å². The molecular weight excluding hydrogens is 256 g/mol. The molecule has 0 aliphatic heterocycles. The molecule has 108 valence electrons. The molecule has 0 unspecified atom stereocenters. The summed E-state index contributed by atoms with van der Waals surface area (Å²) < 4.78 is 11.0. The zero-order chi connectivity index (χ0) is 14.8. The van der Waals surface area contributed by atoms with Crippen LogP contribution in [0.4, 0.5) is 5.69 Å². The van der Waals surface area contributed by atoms with E-state index in [0.29, 0.717) is 24.4 Å². The Kier molecular flexibility index (Phi) is 3.99. The Balaban J connectivity index is 2.08. The third-order valence-corrected chi connectivity index (χ3v) is 2.97. The summed E-state index contributed by atoms with van der Waals surface area (Å²) in [6.07, 6.45) is 0. The summed E-state index contributed by atoms with van der Waals surface area (Å²) in [7, 11) is 0. The summed E-state index contributed by atoms with van der Waals surface area (Å²) >= 11 is 0. The molecule has 5 heteroatoms. The third-order valence-electron chi connectivity index (χ3n) is 2.97. The molecule has 0 atom stereocenters. The van der Waals surface area contributed by atoms with Gasteiger partial charge in [-0.1, -0.05) is 0 Å². The third kappa shape index (κ3) is 3.30. The Labute approximate surface area is 118 Å². The number of hydrogen-bond acceptors (Lipinski definition) is 4. The van der Waals surface area contributed by atoms with Crippen molar-refractivity contribution >= 4 is 22.6 Å². The summed E-state index contributed by atoms with van der Waals surface area (Å²) in [4.78, 5) is 12.1. The van der Waals surface area contributed by atoms with Crippen LogP contribution in [-0.2, 0) is 4.74 Å². The van der Waals surface area contributed by atoms with Crippen LogP contribution in [0.2, 0.25) is 0 Å². The van der Waals surface area contributed by atoms with Crippen molar-refractivity contribution in [3.63, 3.8) is 0 Å². The molecule has 1 aromatic heterocycles. The van der Waals surface area contributed by atoms with Crippen molar-refractivity contribution in [2.75, 3.05) is 18.9 Å². The van der Waals surface area contributed by atoms with E-state index in [1.807, 2.05) is 20.8 Å². The van der Waals surface area contributed by atoms with Crippen LogP contribution in [0.5, 0.6) is 0 Å². The number of anilines is 1. The van der Waals surface area contributed by atoms with Gasteiger partial charge < -0.3 is 20.2 Å². The van der Waals surface area contributed by atoms with E-state index in [-0.39, 0.29) is 11.7 Å². The summed E-state index contributed by atoms with van der Waals surface area (Å²) in [5.41, 5.74) is 6.59. The number of fused-ring (bicyclic) bond motifs is 1. The molecule has 0 aliphatic carbocycles. The topological polar surface area (TPSA) is 77.5 Å². The van der Waals surface area contributed by atoms with Crippen LogP contribution in [-0.4, -0.2) is 24.7 Å². The van der Waals surface area contributed by atoms with E-state index in [4.69, 9.17) is 14.9 Å². The van der Waals surface area contributed by atoms with Crippen LogP contribution in [0, 0.1) is 0 Å². The van der Waals surface area contributed by atoms with Gasteiger partial charge in [-0.2, -0.15) is 0 Å². The summed E-state index contributed by atoms with van der Waals surface area (Å²) in [6, 6.07) is 6.96. The number of ether oxygens (including phenoxy) is 1. The van der Waals surface area contributed by atoms with Gasteiger partial charge in [-0.3, -0.25) is 4.79 Å². The molecule has 3 N–H and O–H groups in total. The first-order chi connectivity index (χ1) is 9.41. The highest BCUT2D eigenvalue weighted by Gasteiger charge is 2.20. The normalized spacial score (nSPS) is 11.8. The largest absolute Gasteiger partial charge is 0.451 e. The number of rotatable bonds is 5. The number of nitrogens with two attached hydrogens (primary N) is 1. The molecule has 1 aromatic carbocycles. The minimum absolute atomic E-state index is 0.257. The Morgan fingerprint density at radius 2 is 2.15 bits per heavy atom. The highest BCUT2D eigenvalue weighted by molar-refractivity contribution is 5.96. The van der Waals surface area contributed by atoms with E-state index in [1.165, 1.54) is 0 Å². The first-order valence-corrected chi connectivity index (χ1v) is 6.62. The highest BCUT2D eigenvalue weighted by Crippen LogP contribution is 2.21. The van der Waals surface area contributed by atoms with Crippen molar-refractivity contribution in [3.8, 4) is 0 Å². The fourth-order valence-corrected chi connectivity index (χ4v) is 2.00. The lowest BCUT2D eigenvalue weighted by molar-refractivity contribution is -0.00829. The van der Waals surface area contributed by atoms with Gasteiger partial charge >= 0.3 is 0 Å². The lowest BCUT2D eigenvalue weighted by Crippen LogP contribution is -2.40. The number of carbonyl (C=O) groups excluding carboxylic acids is 1. The summed E-state index contributed by atoms with van der Waals surface area (Å²) in [6.45, 7) is 6.80. The number of nitrogens with one attached hydrogen (secondary N) is 1. The Hall–Kier alpha value is -2.01. The molecule has 2 rings (SSSR count). The molecule has 1 heterocycles. The Bertz CT molecular complexity index is 617. The summed E-state index contributed by atoms with van der Waals surface area (Å²) in [5.74, 6) is 0.0189. The zero-order valence-electron chi connectivity index (χ0n) is 12.0. The van der Waals surface area contributed by atoms with Gasteiger partial charge in [-0.25, -0.2) is 0 Å². The standard InChI is InChI=1S/C15H20N2O3/c1-4-19-15(2,3)9-17-14(18)13-8-10-7-11(16)5-6-12(10)20-13/h5-8H,4,9,16H2,1-3H3,(H,17,18). The smallest absolute Gasteiger partial charge is 0.287 e. The second-order valence-electron chi connectivity index (χ2n) is 5.28. The molecule has 1 amide bonds. The molecule has 0 fully saturated rings. The second-order valence-corrected chi connectivity index (χ2v) is 5.28.